The summed E-state index contributed by atoms with van der Waals surface area (Å²) in [6.45, 7) is 8.05. The molecule has 0 radical (unpaired) electrons. The predicted octanol–water partition coefficient (Wildman–Crippen LogP) is 5.22. The van der Waals surface area contributed by atoms with Gasteiger partial charge in [0.05, 0.1) is 35.2 Å². The zero-order valence-electron chi connectivity index (χ0n) is 22.7. The average Bonchev–Trinajstić information content (AvgIpc) is 3.73. The van der Waals surface area contributed by atoms with Crippen LogP contribution in [0.2, 0.25) is 0 Å². The van der Waals surface area contributed by atoms with E-state index < -0.39 is 10.0 Å². The van der Waals surface area contributed by atoms with Crippen LogP contribution in [0.5, 0.6) is 0 Å². The predicted molar refractivity (Wildman–Crippen MR) is 153 cm³/mol. The van der Waals surface area contributed by atoms with Crippen molar-refractivity contribution in [1.29, 1.82) is 5.26 Å². The van der Waals surface area contributed by atoms with Crippen molar-refractivity contribution in [1.82, 2.24) is 23.4 Å². The van der Waals surface area contributed by atoms with Crippen LogP contribution in [0.25, 0.3) is 22.1 Å². The number of rotatable bonds is 8. The number of aromatic nitrogens is 4. The highest BCUT2D eigenvalue weighted by molar-refractivity contribution is 7.90. The Morgan fingerprint density at radius 2 is 1.90 bits per heavy atom. The van der Waals surface area contributed by atoms with Gasteiger partial charge in [-0.15, -0.1) is 6.58 Å². The van der Waals surface area contributed by atoms with E-state index in [1.54, 1.807) is 48.8 Å². The summed E-state index contributed by atoms with van der Waals surface area (Å²) >= 11 is 0. The van der Waals surface area contributed by atoms with Crippen molar-refractivity contribution in [2.75, 3.05) is 19.7 Å². The maximum atomic E-state index is 13.5. The third kappa shape index (κ3) is 4.62. The van der Waals surface area contributed by atoms with E-state index >= 15 is 0 Å². The highest BCUT2D eigenvalue weighted by atomic mass is 32.2. The summed E-state index contributed by atoms with van der Waals surface area (Å²) in [7, 11) is -3.81. The van der Waals surface area contributed by atoms with Gasteiger partial charge in [0.1, 0.15) is 17.4 Å². The van der Waals surface area contributed by atoms with E-state index in [0.717, 1.165) is 67.4 Å². The second kappa shape index (κ2) is 10.8. The fourth-order valence-electron chi connectivity index (χ4n) is 6.41. The number of pyridine rings is 1. The number of fused-ring (bicyclic) bond motifs is 3. The third-order valence-corrected chi connectivity index (χ3v) is 10.1. The average molecular weight is 559 g/mol. The largest absolute Gasteiger partial charge is 0.367 e. The lowest BCUT2D eigenvalue weighted by molar-refractivity contribution is 0.0761. The molecule has 6 rings (SSSR count). The lowest BCUT2D eigenvalue weighted by Gasteiger charge is -2.36. The molecule has 208 valence electrons. The number of hydrogen-bond donors (Lipinski definition) is 0. The highest BCUT2D eigenvalue weighted by Gasteiger charge is 2.34. The molecule has 0 unspecified atom stereocenters. The standard InChI is InChI=1S/C30H34N6O3S/c1-3-17-39-21(2)29-33-27-19-32-30-26(14-16-35(30)40(37,38)25-7-5-4-6-8-25)28(27)36(29)24-11-9-23(10-12-24)34-15-13-22(18-31)20-34/h3-8,14,16,19,21-24H,1,9-13,15,17,20H2,2H3/t21-,22+,23?,24?/m1/s1. The summed E-state index contributed by atoms with van der Waals surface area (Å²) in [4.78, 5) is 12.3. The number of likely N-dealkylation sites (tertiary alicyclic amines) is 1. The number of benzene rings is 1. The number of nitriles is 1. The van der Waals surface area contributed by atoms with Crippen LogP contribution in [0.3, 0.4) is 0 Å². The van der Waals surface area contributed by atoms with E-state index in [0.29, 0.717) is 18.3 Å². The Kier molecular flexibility index (Phi) is 7.21. The van der Waals surface area contributed by atoms with Gasteiger partial charge in [0.2, 0.25) is 0 Å². The van der Waals surface area contributed by atoms with Gasteiger partial charge < -0.3 is 9.30 Å². The van der Waals surface area contributed by atoms with Crippen molar-refractivity contribution in [3.05, 3.63) is 67.3 Å². The molecule has 0 bridgehead atoms. The van der Waals surface area contributed by atoms with E-state index in [1.807, 2.05) is 13.0 Å². The van der Waals surface area contributed by atoms with Crippen molar-refractivity contribution in [3.8, 4) is 6.07 Å². The highest BCUT2D eigenvalue weighted by Crippen LogP contribution is 2.39. The van der Waals surface area contributed by atoms with Crippen molar-refractivity contribution in [2.24, 2.45) is 5.92 Å². The molecule has 1 saturated heterocycles. The minimum absolute atomic E-state index is 0.141. The van der Waals surface area contributed by atoms with E-state index in [2.05, 4.69) is 27.1 Å². The van der Waals surface area contributed by atoms with Crippen LogP contribution in [0.4, 0.5) is 0 Å². The van der Waals surface area contributed by atoms with E-state index in [9.17, 15) is 13.7 Å². The maximum absolute atomic E-state index is 13.5. The zero-order chi connectivity index (χ0) is 27.9. The quantitative estimate of drug-likeness (QED) is 0.273. The first-order chi connectivity index (χ1) is 19.4. The number of ether oxygens (including phenoxy) is 1. The fourth-order valence-corrected chi connectivity index (χ4v) is 7.74. The zero-order valence-corrected chi connectivity index (χ0v) is 23.5. The van der Waals surface area contributed by atoms with E-state index in [-0.39, 0.29) is 23.0 Å². The van der Waals surface area contributed by atoms with Crippen molar-refractivity contribution in [3.63, 3.8) is 0 Å². The molecule has 4 aromatic rings. The Balaban J connectivity index is 1.41. The van der Waals surface area contributed by atoms with Crippen LogP contribution in [-0.2, 0) is 14.8 Å². The Hall–Kier alpha value is -3.52. The molecule has 9 nitrogen and oxygen atoms in total. The molecular formula is C30H34N6O3S. The van der Waals surface area contributed by atoms with E-state index in [4.69, 9.17) is 9.72 Å². The van der Waals surface area contributed by atoms with Crippen molar-refractivity contribution < 1.29 is 13.2 Å². The van der Waals surface area contributed by atoms with Gasteiger partial charge in [0.15, 0.2) is 5.65 Å². The number of nitrogens with zero attached hydrogens (tertiary/aromatic N) is 6. The van der Waals surface area contributed by atoms with Crippen molar-refractivity contribution >= 4 is 32.1 Å². The summed E-state index contributed by atoms with van der Waals surface area (Å²) in [6, 6.07) is 13.4. The molecule has 1 aliphatic heterocycles. The third-order valence-electron chi connectivity index (χ3n) is 8.43. The molecule has 2 aliphatic rings. The van der Waals surface area contributed by atoms with Gasteiger partial charge in [-0.2, -0.15) is 5.26 Å². The molecule has 3 aromatic heterocycles. The summed E-state index contributed by atoms with van der Waals surface area (Å²) < 4.78 is 36.6. The van der Waals surface area contributed by atoms with Gasteiger partial charge in [-0.1, -0.05) is 24.3 Å². The Bertz CT molecular complexity index is 1680. The summed E-state index contributed by atoms with van der Waals surface area (Å²) in [5, 5.41) is 10.1. The Morgan fingerprint density at radius 3 is 2.60 bits per heavy atom. The van der Waals surface area contributed by atoms with Gasteiger partial charge in [0, 0.05) is 30.2 Å². The van der Waals surface area contributed by atoms with Crippen LogP contribution < -0.4 is 0 Å². The molecule has 1 aromatic carbocycles. The summed E-state index contributed by atoms with van der Waals surface area (Å²) in [5.74, 6) is 0.959. The first kappa shape index (κ1) is 26.7. The Labute approximate surface area is 234 Å². The molecule has 2 atom stereocenters. The van der Waals surface area contributed by atoms with Gasteiger partial charge >= 0.3 is 0 Å². The van der Waals surface area contributed by atoms with Gasteiger partial charge in [0.25, 0.3) is 10.0 Å². The molecule has 0 amide bonds. The summed E-state index contributed by atoms with van der Waals surface area (Å²) in [5.41, 5.74) is 2.01. The molecule has 1 saturated carbocycles. The molecule has 0 spiro atoms. The van der Waals surface area contributed by atoms with Gasteiger partial charge in [-0.3, -0.25) is 4.90 Å². The molecule has 2 fully saturated rings. The SMILES string of the molecule is C=CCO[C@H](C)c1nc2cnc3c(ccn3S(=O)(=O)c3ccccc3)c2n1C1CCC(N2CC[C@@H](C#N)C2)CC1. The van der Waals surface area contributed by atoms with Crippen molar-refractivity contribution in [2.45, 2.75) is 62.1 Å². The van der Waals surface area contributed by atoms with Crippen LogP contribution in [-0.4, -0.2) is 57.6 Å². The van der Waals surface area contributed by atoms with Gasteiger partial charge in [-0.25, -0.2) is 22.4 Å². The topological polar surface area (TPSA) is 106 Å². The number of imidazole rings is 1. The lowest BCUT2D eigenvalue weighted by atomic mass is 9.89. The van der Waals surface area contributed by atoms with Crippen LogP contribution in [0.1, 0.15) is 57.0 Å². The van der Waals surface area contributed by atoms with Crippen LogP contribution >= 0.6 is 0 Å². The minimum Gasteiger partial charge on any atom is -0.367 e. The molecule has 4 heterocycles. The lowest BCUT2D eigenvalue weighted by Crippen LogP contribution is -2.37. The van der Waals surface area contributed by atoms with Gasteiger partial charge in [-0.05, 0) is 63.8 Å². The fraction of sp³-hybridized carbons (Fsp3) is 0.433. The molecule has 0 N–H and O–H groups in total. The first-order valence-corrected chi connectivity index (χ1v) is 15.4. The molecule has 40 heavy (non-hydrogen) atoms. The van der Waals surface area contributed by atoms with Crippen LogP contribution in [0.15, 0.2) is 66.3 Å². The first-order valence-electron chi connectivity index (χ1n) is 14.0. The van der Waals surface area contributed by atoms with E-state index in [1.165, 1.54) is 3.97 Å². The smallest absolute Gasteiger partial charge is 0.269 e. The Morgan fingerprint density at radius 1 is 1.15 bits per heavy atom. The summed E-state index contributed by atoms with van der Waals surface area (Å²) in [6.07, 6.45) is 9.70. The monoisotopic (exact) mass is 558 g/mol. The molecular weight excluding hydrogens is 524 g/mol. The molecule has 1 aliphatic carbocycles. The minimum atomic E-state index is -3.81. The second-order valence-electron chi connectivity index (χ2n) is 10.8. The normalized spacial score (nSPS) is 22.9. The van der Waals surface area contributed by atoms with Crippen LogP contribution in [0, 0.1) is 17.2 Å². The maximum Gasteiger partial charge on any atom is 0.269 e. The molecule has 10 heteroatoms. The second-order valence-corrected chi connectivity index (χ2v) is 12.7. The number of hydrogen-bond acceptors (Lipinski definition) is 7.